The highest BCUT2D eigenvalue weighted by Gasteiger charge is 2.46. The summed E-state index contributed by atoms with van der Waals surface area (Å²) in [6, 6.07) is 16.3. The van der Waals surface area contributed by atoms with Crippen LogP contribution < -0.4 is 4.90 Å². The molecule has 0 aromatic heterocycles. The molecule has 2 N–H and O–H groups in total. The second kappa shape index (κ2) is 9.19. The van der Waals surface area contributed by atoms with E-state index >= 15 is 0 Å². The van der Waals surface area contributed by atoms with Crippen molar-refractivity contribution in [3.8, 4) is 5.75 Å². The van der Waals surface area contributed by atoms with Gasteiger partial charge in [-0.3, -0.25) is 19.3 Å². The van der Waals surface area contributed by atoms with Crippen LogP contribution in [0.15, 0.2) is 78.4 Å². The largest absolute Gasteiger partial charge is 0.508 e. The Morgan fingerprint density at radius 1 is 0.971 bits per heavy atom. The number of benzene rings is 3. The molecule has 1 heterocycles. The van der Waals surface area contributed by atoms with Gasteiger partial charge in [0.2, 0.25) is 0 Å². The average molecular weight is 461 g/mol. The minimum Gasteiger partial charge on any atom is -0.508 e. The first-order chi connectivity index (χ1) is 16.3. The Kier molecular flexibility index (Phi) is 6.14. The van der Waals surface area contributed by atoms with Gasteiger partial charge in [-0.05, 0) is 59.7 Å². The maximum absolute atomic E-state index is 13.4. The first-order valence-electron chi connectivity index (χ1n) is 10.3. The van der Waals surface area contributed by atoms with Gasteiger partial charge in [0.1, 0.15) is 17.3 Å². The topological polar surface area (TPSA) is 104 Å². The maximum atomic E-state index is 13.4. The van der Waals surface area contributed by atoms with Crippen LogP contribution in [0.25, 0.3) is 5.76 Å². The Hall–Kier alpha value is -4.46. The quantitative estimate of drug-likeness (QED) is 0.259. The van der Waals surface area contributed by atoms with E-state index in [4.69, 9.17) is 0 Å². The number of aliphatic hydroxyl groups is 1. The summed E-state index contributed by atoms with van der Waals surface area (Å²) >= 11 is 0. The van der Waals surface area contributed by atoms with Crippen molar-refractivity contribution in [2.45, 2.75) is 12.5 Å². The number of ether oxygens (including phenoxy) is 1. The molecule has 1 aliphatic heterocycles. The Morgan fingerprint density at radius 2 is 1.59 bits per heavy atom. The number of phenolic OH excluding ortho intramolecular Hbond substituents is 1. The van der Waals surface area contributed by atoms with Crippen LogP contribution in [-0.4, -0.2) is 35.0 Å². The molecule has 1 unspecified atom stereocenters. The standard InChI is InChI=1S/C26H20FNO6/c1-34-21(30)14-15-2-10-19(11-3-15)28-23(16-6-12-20(29)13-7-16)22(25(32)26(28)33)24(31)17-4-8-18(27)9-5-17/h2-13,23,29,31H,14H2,1H3/b24-22+. The molecule has 3 aromatic carbocycles. The summed E-state index contributed by atoms with van der Waals surface area (Å²) in [6.07, 6.45) is 0.0432. The van der Waals surface area contributed by atoms with Crippen molar-refractivity contribution in [3.05, 3.63) is 101 Å². The van der Waals surface area contributed by atoms with Crippen molar-refractivity contribution < 1.29 is 33.7 Å². The van der Waals surface area contributed by atoms with E-state index in [1.54, 1.807) is 36.4 Å². The van der Waals surface area contributed by atoms with Gasteiger partial charge in [0.15, 0.2) is 0 Å². The molecule has 1 fully saturated rings. The van der Waals surface area contributed by atoms with E-state index in [0.717, 1.165) is 12.1 Å². The van der Waals surface area contributed by atoms with Gasteiger partial charge in [0.05, 0.1) is 25.1 Å². The number of hydrogen-bond acceptors (Lipinski definition) is 6. The van der Waals surface area contributed by atoms with E-state index in [1.165, 1.54) is 36.3 Å². The number of carbonyl (C=O) groups excluding carboxylic acids is 3. The highest BCUT2D eigenvalue weighted by atomic mass is 19.1. The van der Waals surface area contributed by atoms with Gasteiger partial charge in [-0.15, -0.1) is 0 Å². The van der Waals surface area contributed by atoms with Crippen LogP contribution in [0.3, 0.4) is 0 Å². The number of aliphatic hydroxyl groups excluding tert-OH is 1. The molecule has 1 amide bonds. The molecule has 1 saturated heterocycles. The average Bonchev–Trinajstić information content (AvgIpc) is 3.10. The van der Waals surface area contributed by atoms with Crippen molar-refractivity contribution in [1.82, 2.24) is 0 Å². The number of anilines is 1. The molecule has 7 nitrogen and oxygen atoms in total. The number of halogens is 1. The summed E-state index contributed by atoms with van der Waals surface area (Å²) in [7, 11) is 1.29. The van der Waals surface area contributed by atoms with Gasteiger partial charge in [-0.25, -0.2) is 4.39 Å². The lowest BCUT2D eigenvalue weighted by molar-refractivity contribution is -0.139. The molecule has 0 saturated carbocycles. The van der Waals surface area contributed by atoms with Gasteiger partial charge in [-0.1, -0.05) is 24.3 Å². The molecule has 8 heteroatoms. The molecule has 0 spiro atoms. The second-order valence-corrected chi connectivity index (χ2v) is 7.69. The monoisotopic (exact) mass is 461 g/mol. The molecule has 1 atom stereocenters. The molecule has 0 radical (unpaired) electrons. The second-order valence-electron chi connectivity index (χ2n) is 7.69. The van der Waals surface area contributed by atoms with Gasteiger partial charge < -0.3 is 14.9 Å². The van der Waals surface area contributed by atoms with E-state index in [9.17, 15) is 29.0 Å². The maximum Gasteiger partial charge on any atom is 0.309 e. The Labute approximate surface area is 194 Å². The van der Waals surface area contributed by atoms with E-state index in [0.29, 0.717) is 16.8 Å². The van der Waals surface area contributed by atoms with Crippen LogP contribution in [0.5, 0.6) is 5.75 Å². The zero-order valence-corrected chi connectivity index (χ0v) is 18.1. The van der Waals surface area contributed by atoms with Crippen LogP contribution in [0.2, 0.25) is 0 Å². The summed E-state index contributed by atoms with van der Waals surface area (Å²) in [6.45, 7) is 0. The number of phenols is 1. The molecular weight excluding hydrogens is 441 g/mol. The van der Waals surface area contributed by atoms with Crippen molar-refractivity contribution in [2.24, 2.45) is 0 Å². The number of amides is 1. The van der Waals surface area contributed by atoms with Crippen molar-refractivity contribution in [1.29, 1.82) is 0 Å². The fourth-order valence-electron chi connectivity index (χ4n) is 3.85. The Balaban J connectivity index is 1.84. The molecule has 1 aliphatic rings. The number of Topliss-reactive ketones (excluding diaryl/α,β-unsaturated/α-hetero) is 1. The number of carbonyl (C=O) groups is 3. The summed E-state index contributed by atoms with van der Waals surface area (Å²) < 4.78 is 18.0. The van der Waals surface area contributed by atoms with Crippen LogP contribution in [0.1, 0.15) is 22.7 Å². The van der Waals surface area contributed by atoms with E-state index < -0.39 is 35.3 Å². The summed E-state index contributed by atoms with van der Waals surface area (Å²) in [5.41, 5.74) is 1.50. The van der Waals surface area contributed by atoms with Gasteiger partial charge in [-0.2, -0.15) is 0 Å². The van der Waals surface area contributed by atoms with Crippen molar-refractivity contribution in [3.63, 3.8) is 0 Å². The molecule has 34 heavy (non-hydrogen) atoms. The Morgan fingerprint density at radius 3 is 2.18 bits per heavy atom. The zero-order chi connectivity index (χ0) is 24.4. The summed E-state index contributed by atoms with van der Waals surface area (Å²) in [4.78, 5) is 39.0. The molecule has 172 valence electrons. The fourth-order valence-corrected chi connectivity index (χ4v) is 3.85. The van der Waals surface area contributed by atoms with Crippen LogP contribution >= 0.6 is 0 Å². The van der Waals surface area contributed by atoms with E-state index in [1.807, 2.05) is 0 Å². The highest BCUT2D eigenvalue weighted by molar-refractivity contribution is 6.51. The van der Waals surface area contributed by atoms with E-state index in [-0.39, 0.29) is 23.3 Å². The SMILES string of the molecule is COC(=O)Cc1ccc(N2C(=O)C(=O)/C(=C(/O)c3ccc(F)cc3)C2c2ccc(O)cc2)cc1. The number of methoxy groups -OCH3 is 1. The van der Waals surface area contributed by atoms with E-state index in [2.05, 4.69) is 4.74 Å². The number of hydrogen-bond donors (Lipinski definition) is 2. The van der Waals surface area contributed by atoms with Crippen LogP contribution in [0.4, 0.5) is 10.1 Å². The van der Waals surface area contributed by atoms with Gasteiger partial charge in [0, 0.05) is 11.3 Å². The lowest BCUT2D eigenvalue weighted by Crippen LogP contribution is -2.29. The number of aromatic hydroxyl groups is 1. The summed E-state index contributed by atoms with van der Waals surface area (Å²) in [5, 5.41) is 20.7. The van der Waals surface area contributed by atoms with Gasteiger partial charge in [0.25, 0.3) is 11.7 Å². The van der Waals surface area contributed by atoms with Crippen LogP contribution in [0, 0.1) is 5.82 Å². The number of ketones is 1. The smallest absolute Gasteiger partial charge is 0.309 e. The number of rotatable bonds is 5. The predicted molar refractivity (Wildman–Crippen MR) is 121 cm³/mol. The van der Waals surface area contributed by atoms with Crippen molar-refractivity contribution >= 4 is 29.1 Å². The van der Waals surface area contributed by atoms with Crippen LogP contribution in [-0.2, 0) is 25.5 Å². The zero-order valence-electron chi connectivity index (χ0n) is 18.1. The third kappa shape index (κ3) is 4.25. The first-order valence-corrected chi connectivity index (χ1v) is 10.3. The predicted octanol–water partition coefficient (Wildman–Crippen LogP) is 3.87. The minimum absolute atomic E-state index is 0.00796. The van der Waals surface area contributed by atoms with Gasteiger partial charge >= 0.3 is 5.97 Å². The molecule has 0 bridgehead atoms. The first kappa shape index (κ1) is 22.7. The molecule has 0 aliphatic carbocycles. The third-order valence-corrected chi connectivity index (χ3v) is 5.56. The number of nitrogens with zero attached hydrogens (tertiary/aromatic N) is 1. The highest BCUT2D eigenvalue weighted by Crippen LogP contribution is 2.42. The normalized spacial score (nSPS) is 17.1. The number of esters is 1. The Bertz CT molecular complexity index is 1280. The van der Waals surface area contributed by atoms with Crippen molar-refractivity contribution in [2.75, 3.05) is 12.0 Å². The lowest BCUT2D eigenvalue weighted by atomic mass is 9.95. The minimum atomic E-state index is -1.00. The third-order valence-electron chi connectivity index (χ3n) is 5.56. The molecule has 3 aromatic rings. The lowest BCUT2D eigenvalue weighted by Gasteiger charge is -2.25. The molecular formula is C26H20FNO6. The fraction of sp³-hybridized carbons (Fsp3) is 0.115. The summed E-state index contributed by atoms with van der Waals surface area (Å²) in [5.74, 6) is -3.15. The molecule has 4 rings (SSSR count).